The molecule has 2 unspecified atom stereocenters. The number of benzene rings is 1. The molecule has 0 fully saturated rings. The van der Waals surface area contributed by atoms with Gasteiger partial charge in [-0.25, -0.2) is 0 Å². The maximum atomic E-state index is 12.0. The summed E-state index contributed by atoms with van der Waals surface area (Å²) in [6, 6.07) is 9.03. The molecule has 2 atom stereocenters. The molecule has 0 saturated heterocycles. The normalized spacial score (nSPS) is 13.4. The first kappa shape index (κ1) is 18.2. The largest absolute Gasteiger partial charge is 0.481 e. The van der Waals surface area contributed by atoms with E-state index in [9.17, 15) is 14.7 Å². The van der Waals surface area contributed by atoms with Crippen LogP contribution in [0.1, 0.15) is 57.4 Å². The minimum absolute atomic E-state index is 0.0508. The molecule has 0 bridgehead atoms. The lowest BCUT2D eigenvalue weighted by molar-refractivity contribution is -0.138. The average Bonchev–Trinajstić information content (AvgIpc) is 2.52. The van der Waals surface area contributed by atoms with Crippen molar-refractivity contribution in [3.63, 3.8) is 0 Å². The summed E-state index contributed by atoms with van der Waals surface area (Å²) in [6.07, 6.45) is 4.79. The molecule has 0 aliphatic rings. The van der Waals surface area contributed by atoms with Crippen molar-refractivity contribution in [1.29, 1.82) is 0 Å². The molecule has 0 spiro atoms. The van der Waals surface area contributed by atoms with Crippen molar-refractivity contribution in [3.05, 3.63) is 35.9 Å². The Balaban J connectivity index is 2.51. The first-order valence-corrected chi connectivity index (χ1v) is 8.12. The van der Waals surface area contributed by atoms with Crippen molar-refractivity contribution in [2.75, 3.05) is 6.54 Å². The fourth-order valence-corrected chi connectivity index (χ4v) is 2.53. The Morgan fingerprint density at radius 1 is 1.18 bits per heavy atom. The van der Waals surface area contributed by atoms with Gasteiger partial charge >= 0.3 is 5.97 Å². The molecular formula is C18H27NO3. The van der Waals surface area contributed by atoms with Crippen LogP contribution >= 0.6 is 0 Å². The Labute approximate surface area is 132 Å². The van der Waals surface area contributed by atoms with Gasteiger partial charge in [-0.3, -0.25) is 9.59 Å². The highest BCUT2D eigenvalue weighted by Crippen LogP contribution is 2.18. The summed E-state index contributed by atoms with van der Waals surface area (Å²) >= 11 is 0. The van der Waals surface area contributed by atoms with E-state index in [0.717, 1.165) is 25.7 Å². The van der Waals surface area contributed by atoms with Crippen molar-refractivity contribution < 1.29 is 14.7 Å². The Hall–Kier alpha value is -1.84. The van der Waals surface area contributed by atoms with Gasteiger partial charge in [-0.05, 0) is 17.9 Å². The quantitative estimate of drug-likeness (QED) is 0.694. The van der Waals surface area contributed by atoms with Gasteiger partial charge in [0.05, 0.1) is 5.92 Å². The van der Waals surface area contributed by atoms with E-state index in [1.54, 1.807) is 12.1 Å². The summed E-state index contributed by atoms with van der Waals surface area (Å²) in [5.41, 5.74) is 0.716. The van der Waals surface area contributed by atoms with Gasteiger partial charge in [-0.15, -0.1) is 0 Å². The van der Waals surface area contributed by atoms with Crippen molar-refractivity contribution in [2.45, 2.75) is 51.9 Å². The topological polar surface area (TPSA) is 66.4 Å². The number of rotatable bonds is 10. The lowest BCUT2D eigenvalue weighted by atomic mass is 9.95. The third-order valence-electron chi connectivity index (χ3n) is 4.02. The molecule has 4 heteroatoms. The maximum Gasteiger partial charge on any atom is 0.312 e. The molecule has 4 nitrogen and oxygen atoms in total. The summed E-state index contributed by atoms with van der Waals surface area (Å²) in [6.45, 7) is 4.38. The van der Waals surface area contributed by atoms with Crippen LogP contribution in [0.5, 0.6) is 0 Å². The van der Waals surface area contributed by atoms with E-state index in [1.807, 2.05) is 18.2 Å². The smallest absolute Gasteiger partial charge is 0.312 e. The van der Waals surface area contributed by atoms with Crippen molar-refractivity contribution in [1.82, 2.24) is 5.32 Å². The fourth-order valence-electron chi connectivity index (χ4n) is 2.53. The van der Waals surface area contributed by atoms with E-state index in [0.29, 0.717) is 17.9 Å². The molecule has 22 heavy (non-hydrogen) atoms. The van der Waals surface area contributed by atoms with Crippen LogP contribution in [0.25, 0.3) is 0 Å². The van der Waals surface area contributed by atoms with E-state index >= 15 is 0 Å². The van der Waals surface area contributed by atoms with Crippen LogP contribution in [0, 0.1) is 5.92 Å². The lowest BCUT2D eigenvalue weighted by Crippen LogP contribution is -2.32. The highest BCUT2D eigenvalue weighted by Gasteiger charge is 2.21. The van der Waals surface area contributed by atoms with Crippen LogP contribution in [0.3, 0.4) is 0 Å². The van der Waals surface area contributed by atoms with Crippen LogP contribution in [0.4, 0.5) is 0 Å². The number of nitrogens with one attached hydrogen (secondary N) is 1. The van der Waals surface area contributed by atoms with Gasteiger partial charge in [0.25, 0.3) is 0 Å². The van der Waals surface area contributed by atoms with E-state index in [4.69, 9.17) is 0 Å². The summed E-state index contributed by atoms with van der Waals surface area (Å²) < 4.78 is 0. The van der Waals surface area contributed by atoms with Crippen LogP contribution in [0.2, 0.25) is 0 Å². The van der Waals surface area contributed by atoms with E-state index in [1.165, 1.54) is 0 Å². The standard InChI is InChI=1S/C18H27NO3/c1-3-5-9-14(4-2)12-17(20)19-13-16(18(21)22)15-10-7-6-8-11-15/h6-8,10-11,14,16H,3-5,9,12-13H2,1-2H3,(H,19,20)(H,21,22). The molecule has 0 aliphatic heterocycles. The zero-order chi connectivity index (χ0) is 16.4. The monoisotopic (exact) mass is 305 g/mol. The van der Waals surface area contributed by atoms with Gasteiger partial charge in [-0.2, -0.15) is 0 Å². The van der Waals surface area contributed by atoms with Crippen molar-refractivity contribution in [3.8, 4) is 0 Å². The zero-order valence-electron chi connectivity index (χ0n) is 13.5. The molecule has 1 aromatic rings. The molecule has 1 aromatic carbocycles. The summed E-state index contributed by atoms with van der Waals surface area (Å²) in [5.74, 6) is -1.27. The third kappa shape index (κ3) is 6.29. The molecule has 0 aliphatic carbocycles. The van der Waals surface area contributed by atoms with Gasteiger partial charge in [0, 0.05) is 13.0 Å². The van der Waals surface area contributed by atoms with Crippen LogP contribution in [0.15, 0.2) is 30.3 Å². The van der Waals surface area contributed by atoms with E-state index in [2.05, 4.69) is 19.2 Å². The Kier molecular flexibility index (Phi) is 8.26. The number of aliphatic carboxylic acids is 1. The van der Waals surface area contributed by atoms with Gasteiger partial charge in [0.15, 0.2) is 0 Å². The number of hydrogen-bond acceptors (Lipinski definition) is 2. The van der Waals surface area contributed by atoms with E-state index < -0.39 is 11.9 Å². The first-order chi connectivity index (χ1) is 10.6. The third-order valence-corrected chi connectivity index (χ3v) is 4.02. The van der Waals surface area contributed by atoms with Crippen molar-refractivity contribution in [2.24, 2.45) is 5.92 Å². The highest BCUT2D eigenvalue weighted by atomic mass is 16.4. The van der Waals surface area contributed by atoms with Crippen molar-refractivity contribution >= 4 is 11.9 Å². The predicted molar refractivity (Wildman–Crippen MR) is 87.8 cm³/mol. The number of unbranched alkanes of at least 4 members (excludes halogenated alkanes) is 1. The summed E-state index contributed by atoms with van der Waals surface area (Å²) in [4.78, 5) is 23.4. The number of carbonyl (C=O) groups is 2. The lowest BCUT2D eigenvalue weighted by Gasteiger charge is -2.17. The second kappa shape index (κ2) is 9.98. The van der Waals surface area contributed by atoms with Crippen LogP contribution in [-0.4, -0.2) is 23.5 Å². The van der Waals surface area contributed by atoms with E-state index in [-0.39, 0.29) is 12.5 Å². The highest BCUT2D eigenvalue weighted by molar-refractivity contribution is 5.79. The van der Waals surface area contributed by atoms with Gasteiger partial charge in [-0.1, -0.05) is 63.4 Å². The Morgan fingerprint density at radius 3 is 2.41 bits per heavy atom. The molecule has 1 amide bonds. The molecule has 122 valence electrons. The maximum absolute atomic E-state index is 12.0. The van der Waals surface area contributed by atoms with Crippen LogP contribution in [-0.2, 0) is 9.59 Å². The van der Waals surface area contributed by atoms with Gasteiger partial charge in [0.2, 0.25) is 5.91 Å². The molecule has 1 rings (SSSR count). The number of carboxylic acids is 1. The molecular weight excluding hydrogens is 278 g/mol. The predicted octanol–water partition coefficient (Wildman–Crippen LogP) is 3.58. The molecule has 2 N–H and O–H groups in total. The van der Waals surface area contributed by atoms with Crippen LogP contribution < -0.4 is 5.32 Å². The number of carboxylic acid groups (broad SMARTS) is 1. The number of hydrogen-bond donors (Lipinski definition) is 2. The van der Waals surface area contributed by atoms with Gasteiger partial charge in [0.1, 0.15) is 0 Å². The number of amides is 1. The fraction of sp³-hybridized carbons (Fsp3) is 0.556. The second-order valence-corrected chi connectivity index (χ2v) is 5.73. The Morgan fingerprint density at radius 2 is 1.86 bits per heavy atom. The minimum atomic E-state index is -0.912. The SMILES string of the molecule is CCCCC(CC)CC(=O)NCC(C(=O)O)c1ccccc1. The molecule has 0 radical (unpaired) electrons. The molecule has 0 aromatic heterocycles. The first-order valence-electron chi connectivity index (χ1n) is 8.12. The molecule has 0 heterocycles. The average molecular weight is 305 g/mol. The van der Waals surface area contributed by atoms with Gasteiger partial charge < -0.3 is 10.4 Å². The zero-order valence-corrected chi connectivity index (χ0v) is 13.5. The summed E-state index contributed by atoms with van der Waals surface area (Å²) in [5, 5.41) is 12.1. The second-order valence-electron chi connectivity index (χ2n) is 5.73. The number of carbonyl (C=O) groups excluding carboxylic acids is 1. The Bertz CT molecular complexity index is 459. The minimum Gasteiger partial charge on any atom is -0.481 e. The summed E-state index contributed by atoms with van der Waals surface area (Å²) in [7, 11) is 0. The molecule has 0 saturated carbocycles.